The Hall–Kier alpha value is -9.33. The molecule has 6 fully saturated rings. The first-order valence-corrected chi connectivity index (χ1v) is 40.6. The SMILES string of the molecule is Cc1ccc2c(c1)c(NCC(=O)NC1CN(C3CCC(O)(c4ccc(C)nc4)CC3)C1)nn2C(=O)NC(C)(C)C.Cc1ccc2c(c1)c(NCC(=O)NC1CN(C3CCC(O)(c4ncc(C)s4)CC3)C1)nn2CCO.Cc1ccc2c(c1)c(NCC(=O)NC1CN(C3CCC(c4ccc5c(c4)OCO5)CC3)C1)nn2CCO. The summed E-state index contributed by atoms with van der Waals surface area (Å²) in [4.78, 5) is 68.0. The number of benzene rings is 4. The summed E-state index contributed by atoms with van der Waals surface area (Å²) in [5.74, 6) is 3.96. The number of ether oxygens (including phenoxy) is 2. The van der Waals surface area contributed by atoms with Gasteiger partial charge in [0.1, 0.15) is 10.6 Å². The summed E-state index contributed by atoms with van der Waals surface area (Å²) in [6.45, 7) is 22.5. The van der Waals surface area contributed by atoms with Gasteiger partial charge in [0.05, 0.1) is 86.2 Å². The molecule has 112 heavy (non-hydrogen) atoms. The van der Waals surface area contributed by atoms with E-state index in [1.807, 2.05) is 128 Å². The Labute approximate surface area is 657 Å². The van der Waals surface area contributed by atoms with Gasteiger partial charge in [-0.25, -0.2) is 9.78 Å². The van der Waals surface area contributed by atoms with Crippen LogP contribution in [-0.2, 0) is 38.7 Å². The third kappa shape index (κ3) is 18.6. The first-order valence-electron chi connectivity index (χ1n) is 39.8. The molecule has 9 heterocycles. The van der Waals surface area contributed by atoms with Crippen LogP contribution in [0.2, 0.25) is 0 Å². The number of carbonyl (C=O) groups excluding carboxylic acids is 4. The molecule has 598 valence electrons. The summed E-state index contributed by atoms with van der Waals surface area (Å²) >= 11 is 1.59. The second-order valence-electron chi connectivity index (χ2n) is 32.9. The molecule has 3 saturated carbocycles. The van der Waals surface area contributed by atoms with Crippen LogP contribution < -0.4 is 46.7 Å². The highest BCUT2D eigenvalue weighted by atomic mass is 32.1. The number of nitrogens with one attached hydrogen (secondary N) is 7. The smallest absolute Gasteiger partial charge is 0.343 e. The van der Waals surface area contributed by atoms with Crippen molar-refractivity contribution in [1.82, 2.24) is 75.3 Å². The molecule has 4 aliphatic heterocycles. The minimum absolute atomic E-state index is 0.00758. The number of aromatic nitrogens is 8. The quantitative estimate of drug-likeness (QED) is 0.0302. The van der Waals surface area contributed by atoms with Gasteiger partial charge in [0.2, 0.25) is 24.5 Å². The molecular formula is C83H110N18O10S. The lowest BCUT2D eigenvalue weighted by molar-refractivity contribution is -0.122. The molecule has 16 rings (SSSR count). The lowest BCUT2D eigenvalue weighted by Crippen LogP contribution is -2.63. The molecular weight excluding hydrogens is 1440 g/mol. The summed E-state index contributed by atoms with van der Waals surface area (Å²) < 4.78 is 15.9. The lowest BCUT2D eigenvalue weighted by atomic mass is 9.77. The first-order chi connectivity index (χ1) is 53.8. The number of aliphatic hydroxyl groups excluding tert-OH is 2. The fourth-order valence-electron chi connectivity index (χ4n) is 17.0. The van der Waals surface area contributed by atoms with Crippen molar-refractivity contribution >= 4 is 85.3 Å². The van der Waals surface area contributed by atoms with Crippen molar-refractivity contribution in [2.24, 2.45) is 0 Å². The molecule has 0 bridgehead atoms. The van der Waals surface area contributed by atoms with Crippen LogP contribution >= 0.6 is 11.3 Å². The zero-order chi connectivity index (χ0) is 78.6. The van der Waals surface area contributed by atoms with Gasteiger partial charge in [0, 0.05) is 108 Å². The number of aryl methyl sites for hydroxylation is 5. The Morgan fingerprint density at radius 3 is 1.43 bits per heavy atom. The van der Waals surface area contributed by atoms with E-state index in [4.69, 9.17) is 9.47 Å². The summed E-state index contributed by atoms with van der Waals surface area (Å²) in [6.07, 6.45) is 15.0. The van der Waals surface area contributed by atoms with Gasteiger partial charge in [-0.15, -0.1) is 16.4 Å². The van der Waals surface area contributed by atoms with Crippen LogP contribution in [0, 0.1) is 34.6 Å². The number of rotatable bonds is 22. The number of amides is 4. The van der Waals surface area contributed by atoms with E-state index in [9.17, 15) is 39.6 Å². The number of hydrogen-bond donors (Lipinski definition) is 11. The number of fused-ring (bicyclic) bond motifs is 4. The molecule has 0 unspecified atom stereocenters. The normalized spacial score (nSPS) is 22.4. The van der Waals surface area contributed by atoms with Crippen LogP contribution in [0.3, 0.4) is 0 Å². The lowest BCUT2D eigenvalue weighted by Gasteiger charge is -2.48. The van der Waals surface area contributed by atoms with Crippen LogP contribution in [0.25, 0.3) is 32.7 Å². The molecule has 3 aliphatic carbocycles. The summed E-state index contributed by atoms with van der Waals surface area (Å²) in [6, 6.07) is 29.8. The average Bonchev–Trinajstić information content (AvgIpc) is 1.22. The maximum absolute atomic E-state index is 12.8. The molecule has 0 atom stereocenters. The minimum atomic E-state index is -0.801. The zero-order valence-corrected chi connectivity index (χ0v) is 66.5. The van der Waals surface area contributed by atoms with Gasteiger partial charge in [-0.2, -0.15) is 14.9 Å². The molecule has 9 aromatic rings. The Bertz CT molecular complexity index is 4800. The number of hydrogen-bond acceptors (Lipinski definition) is 22. The summed E-state index contributed by atoms with van der Waals surface area (Å²) in [5.41, 5.74) is 7.08. The van der Waals surface area contributed by atoms with Crippen molar-refractivity contribution in [3.63, 3.8) is 0 Å². The highest BCUT2D eigenvalue weighted by Gasteiger charge is 2.44. The van der Waals surface area contributed by atoms with E-state index in [0.29, 0.717) is 79.7 Å². The van der Waals surface area contributed by atoms with Gasteiger partial charge < -0.3 is 67.1 Å². The average molecular weight is 1550 g/mol. The first kappa shape index (κ1) is 79.3. The van der Waals surface area contributed by atoms with Crippen molar-refractivity contribution in [3.05, 3.63) is 141 Å². The van der Waals surface area contributed by atoms with Crippen molar-refractivity contribution in [3.8, 4) is 11.5 Å². The van der Waals surface area contributed by atoms with Crippen molar-refractivity contribution in [1.29, 1.82) is 0 Å². The zero-order valence-electron chi connectivity index (χ0n) is 65.7. The van der Waals surface area contributed by atoms with Gasteiger partial charge in [-0.1, -0.05) is 47.0 Å². The second kappa shape index (κ2) is 34.2. The minimum Gasteiger partial charge on any atom is -0.454 e. The van der Waals surface area contributed by atoms with Crippen LogP contribution in [0.5, 0.6) is 11.5 Å². The largest absolute Gasteiger partial charge is 0.454 e. The number of pyridine rings is 1. The fourth-order valence-corrected chi connectivity index (χ4v) is 17.9. The van der Waals surface area contributed by atoms with Crippen molar-refractivity contribution in [2.45, 2.75) is 204 Å². The van der Waals surface area contributed by atoms with Crippen molar-refractivity contribution < 1.29 is 49.1 Å². The Kier molecular flexibility index (Phi) is 24.2. The monoisotopic (exact) mass is 1550 g/mol. The van der Waals surface area contributed by atoms with E-state index in [1.54, 1.807) is 26.9 Å². The summed E-state index contributed by atoms with van der Waals surface area (Å²) in [5, 5.41) is 79.9. The van der Waals surface area contributed by atoms with E-state index >= 15 is 0 Å². The molecule has 11 N–H and O–H groups in total. The van der Waals surface area contributed by atoms with Crippen LogP contribution in [0.15, 0.2) is 97.3 Å². The van der Waals surface area contributed by atoms with Crippen LogP contribution in [-0.4, -0.2) is 219 Å². The van der Waals surface area contributed by atoms with E-state index in [2.05, 4.69) is 95.4 Å². The molecule has 28 nitrogen and oxygen atoms in total. The predicted molar refractivity (Wildman–Crippen MR) is 433 cm³/mol. The van der Waals surface area contributed by atoms with Crippen LogP contribution in [0.1, 0.15) is 147 Å². The number of aliphatic hydroxyl groups is 4. The molecule has 29 heteroatoms. The van der Waals surface area contributed by atoms with E-state index in [1.165, 1.54) is 35.9 Å². The number of carbonyl (C=O) groups is 4. The van der Waals surface area contributed by atoms with E-state index < -0.39 is 16.7 Å². The molecule has 5 aromatic heterocycles. The molecule has 0 radical (unpaired) electrons. The Morgan fingerprint density at radius 2 is 0.973 bits per heavy atom. The number of thiazole rings is 1. The molecule has 7 aliphatic rings. The topological polar surface area (TPSA) is 341 Å². The maximum Gasteiger partial charge on any atom is 0.343 e. The van der Waals surface area contributed by atoms with Gasteiger partial charge in [-0.3, -0.25) is 43.4 Å². The molecule has 3 saturated heterocycles. The van der Waals surface area contributed by atoms with E-state index in [-0.39, 0.29) is 74.7 Å². The highest BCUT2D eigenvalue weighted by molar-refractivity contribution is 7.11. The molecule has 4 amide bonds. The fraction of sp³-hybridized carbons (Fsp3) is 0.530. The van der Waals surface area contributed by atoms with Crippen molar-refractivity contribution in [2.75, 3.05) is 94.9 Å². The van der Waals surface area contributed by atoms with Crippen LogP contribution in [0.4, 0.5) is 22.2 Å². The molecule has 0 spiro atoms. The van der Waals surface area contributed by atoms with Gasteiger partial charge in [0.15, 0.2) is 29.0 Å². The third-order valence-electron chi connectivity index (χ3n) is 23.2. The predicted octanol–water partition coefficient (Wildman–Crippen LogP) is 8.60. The number of nitrogens with zero attached hydrogens (tertiary/aromatic N) is 11. The number of anilines is 3. The maximum atomic E-state index is 12.8. The molecule has 4 aromatic carbocycles. The Morgan fingerprint density at radius 1 is 0.518 bits per heavy atom. The van der Waals surface area contributed by atoms with Gasteiger partial charge >= 0.3 is 6.03 Å². The van der Waals surface area contributed by atoms with E-state index in [0.717, 1.165) is 154 Å². The summed E-state index contributed by atoms with van der Waals surface area (Å²) in [7, 11) is 0. The third-order valence-corrected chi connectivity index (χ3v) is 24.3. The van der Waals surface area contributed by atoms with Gasteiger partial charge in [-0.05, 0) is 199 Å². The van der Waals surface area contributed by atoms with Gasteiger partial charge in [0.25, 0.3) is 0 Å². The standard InChI is InChI=1S/C30H41N7O3.C28H35N5O4.C25H34N6O3S/c1-19-6-9-25-24(14-19)27(35-37(25)28(39)34-29(3,4)5)32-16-26(38)33-22-17-36(18-22)23-10-12-30(40,13-11-23)21-8-7-20(2)31-15-21;1-18-2-8-24-23(12-18)28(31-33(24)10-11-34)29-14-27(35)30-21-15-32(16-21)22-6-3-19(4-7-22)20-5-9-25-26(13-20)37-17-36-25;1-16-3-4-21-20(11-16)23(29-31(21)9-10-32)26-13-22(33)28-18-14-30(15-18)19-5-7-25(34,8-6-19)24-27-12-17(2)35-24/h6-9,14-15,22-23,40H,10-13,16-18H2,1-5H3,(H,32,35)(H,33,38)(H,34,39);2,5,8-9,12-13,19,21-22,34H,3-4,6-7,10-11,14-17H2,1H3,(H,29,31)(H,30,35);3-4,11-12,18-19,32,34H,5-10,13-15H2,1-2H3,(H,26,29)(H,28,33). The highest BCUT2D eigenvalue weighted by Crippen LogP contribution is 2.44. The second-order valence-corrected chi connectivity index (χ2v) is 34.2. The Balaban J connectivity index is 0.000000140. The number of likely N-dealkylation sites (tertiary alicyclic amines) is 3.